The minimum Gasteiger partial charge on any atom is -0.354 e. The molecule has 0 spiro atoms. The van der Waals surface area contributed by atoms with Gasteiger partial charge in [-0.15, -0.1) is 0 Å². The molecule has 2 aliphatic heterocycles. The van der Waals surface area contributed by atoms with Crippen LogP contribution in [0.25, 0.3) is 90.9 Å². The lowest BCUT2D eigenvalue weighted by Crippen LogP contribution is -1.91. The molecule has 5 heterocycles. The van der Waals surface area contributed by atoms with E-state index >= 15 is 0 Å². The number of aromatic nitrogens is 4. The Balaban J connectivity index is 1.53. The van der Waals surface area contributed by atoms with E-state index in [0.717, 1.165) is 92.9 Å². The zero-order valence-electron chi connectivity index (χ0n) is 27.6. The summed E-state index contributed by atoms with van der Waals surface area (Å²) >= 11 is 30.2. The first-order valence-corrected chi connectivity index (χ1v) is 19.3. The van der Waals surface area contributed by atoms with Gasteiger partial charge in [-0.3, -0.25) is 0 Å². The van der Waals surface area contributed by atoms with E-state index < -0.39 is 0 Å². The van der Waals surface area contributed by atoms with Gasteiger partial charge in [0.1, 0.15) is 0 Å². The van der Waals surface area contributed by atoms with Crippen LogP contribution in [0.2, 0.25) is 20.1 Å². The van der Waals surface area contributed by atoms with Crippen LogP contribution < -0.4 is 0 Å². The van der Waals surface area contributed by atoms with Gasteiger partial charge in [0.05, 0.1) is 28.3 Å². The summed E-state index contributed by atoms with van der Waals surface area (Å²) in [6, 6.07) is 37.5. The summed E-state index contributed by atoms with van der Waals surface area (Å²) in [5.41, 5.74) is 13.2. The van der Waals surface area contributed by atoms with Gasteiger partial charge in [0, 0.05) is 84.7 Å². The minimum absolute atomic E-state index is 0.608. The predicted octanol–water partition coefficient (Wildman–Crippen LogP) is 14.5. The highest BCUT2D eigenvalue weighted by Gasteiger charge is 2.22. The van der Waals surface area contributed by atoms with E-state index in [2.05, 4.69) is 50.8 Å². The van der Waals surface area contributed by atoms with Gasteiger partial charge in [-0.1, -0.05) is 119 Å². The summed E-state index contributed by atoms with van der Waals surface area (Å²) in [6.07, 6.45) is 8.13. The third-order valence-corrected chi connectivity index (χ3v) is 11.6. The third kappa shape index (κ3) is 6.11. The van der Waals surface area contributed by atoms with Crippen LogP contribution in [0.15, 0.2) is 115 Å². The molecule has 0 radical (unpaired) electrons. The van der Waals surface area contributed by atoms with Crippen molar-refractivity contribution in [3.05, 3.63) is 162 Å². The van der Waals surface area contributed by atoms with Gasteiger partial charge in [-0.25, -0.2) is 9.97 Å². The molecule has 0 fully saturated rings. The lowest BCUT2D eigenvalue weighted by molar-refractivity contribution is 1.31. The van der Waals surface area contributed by atoms with Crippen LogP contribution in [0, 0.1) is 3.57 Å². The van der Waals surface area contributed by atoms with Gasteiger partial charge in [0.15, 0.2) is 0 Å². The Bertz CT molecular complexity index is 2870. The van der Waals surface area contributed by atoms with Crippen molar-refractivity contribution in [3.8, 4) is 44.5 Å². The van der Waals surface area contributed by atoms with Gasteiger partial charge in [-0.05, 0) is 89.4 Å². The van der Waals surface area contributed by atoms with Crippen LogP contribution in [-0.4, -0.2) is 19.9 Å². The van der Waals surface area contributed by atoms with Crippen LogP contribution in [0.3, 0.4) is 0 Å². The fourth-order valence-corrected chi connectivity index (χ4v) is 8.67. The van der Waals surface area contributed by atoms with Crippen molar-refractivity contribution in [1.29, 1.82) is 0 Å². The molecule has 2 aliphatic rings. The number of hydrogen-bond acceptors (Lipinski definition) is 2. The number of rotatable bonds is 4. The van der Waals surface area contributed by atoms with Crippen molar-refractivity contribution in [2.75, 3.05) is 0 Å². The average Bonchev–Trinajstić information content (AvgIpc) is 3.99. The van der Waals surface area contributed by atoms with E-state index in [4.69, 9.17) is 56.4 Å². The summed E-state index contributed by atoms with van der Waals surface area (Å²) in [4.78, 5) is 18.2. The van der Waals surface area contributed by atoms with Gasteiger partial charge < -0.3 is 9.97 Å². The van der Waals surface area contributed by atoms with Crippen molar-refractivity contribution in [3.63, 3.8) is 0 Å². The fourth-order valence-electron chi connectivity index (χ4n) is 7.03. The predicted molar refractivity (Wildman–Crippen MR) is 233 cm³/mol. The fraction of sp³-hybridized carbons (Fsp3) is 0. The van der Waals surface area contributed by atoms with Crippen molar-refractivity contribution >= 4 is 115 Å². The monoisotopic (exact) mass is 876 g/mol. The highest BCUT2D eigenvalue weighted by Crippen LogP contribution is 2.43. The van der Waals surface area contributed by atoms with Crippen molar-refractivity contribution in [1.82, 2.24) is 19.9 Å². The first-order valence-electron chi connectivity index (χ1n) is 16.7. The van der Waals surface area contributed by atoms with Crippen LogP contribution in [0.5, 0.6) is 0 Å². The highest BCUT2D eigenvalue weighted by atomic mass is 127. The number of nitrogens with one attached hydrogen (secondary N) is 2. The molecule has 9 heteroatoms. The Morgan fingerprint density at radius 1 is 0.396 bits per heavy atom. The first kappa shape index (κ1) is 34.2. The number of nitrogens with zero attached hydrogens (tertiary/aromatic N) is 2. The second kappa shape index (κ2) is 14.0. The molecule has 4 nitrogen and oxygen atoms in total. The normalized spacial score (nSPS) is 12.1. The number of benzene rings is 4. The second-order valence-corrected chi connectivity index (χ2v) is 15.3. The Labute approximate surface area is 339 Å². The summed E-state index contributed by atoms with van der Waals surface area (Å²) in [7, 11) is 0. The van der Waals surface area contributed by atoms with E-state index in [1.807, 2.05) is 121 Å². The molecule has 0 atom stereocenters. The smallest absolute Gasteiger partial charge is 0.0738 e. The Kier molecular flexibility index (Phi) is 9.01. The lowest BCUT2D eigenvalue weighted by Gasteiger charge is -2.09. The van der Waals surface area contributed by atoms with E-state index in [9.17, 15) is 0 Å². The molecule has 0 saturated heterocycles. The molecule has 2 N–H and O–H groups in total. The molecule has 256 valence electrons. The SMILES string of the molecule is Clc1ccccc1-c1c2nc(c(-c3ccccc3Cl)c3cc(I)c([nH]3)c(-c3ccccc3Cl)c3nc(c(-c4ccccc4Cl)c4ccc1[nH]4)C=C3)C=C2. The Hall–Kier alpha value is -4.63. The second-order valence-electron chi connectivity index (χ2n) is 12.5. The Morgan fingerprint density at radius 3 is 1.13 bits per heavy atom. The van der Waals surface area contributed by atoms with E-state index in [1.54, 1.807) is 0 Å². The molecule has 0 amide bonds. The molecule has 0 aliphatic carbocycles. The molecular formula is C44H25Cl4IN4. The first-order chi connectivity index (χ1) is 25.9. The minimum atomic E-state index is 0.608. The van der Waals surface area contributed by atoms with Crippen LogP contribution in [0.1, 0.15) is 22.8 Å². The van der Waals surface area contributed by atoms with Crippen molar-refractivity contribution in [2.45, 2.75) is 0 Å². The number of hydrogen-bond donors (Lipinski definition) is 2. The standard InChI is InChI=1S/C44H25Cl4IN4/c45-28-13-5-1-9-24(28)40-33-17-18-34(50-33)41(25-10-2-6-14-29(25)46)36-21-22-38(52-36)43(27-12-4-8-16-31(27)48)44-32(49)23-39(53-44)42(37-20-19-35(40)51-37)26-11-3-7-15-30(26)47/h1-23,50,53H. The number of aromatic amines is 2. The zero-order chi connectivity index (χ0) is 36.2. The lowest BCUT2D eigenvalue weighted by atomic mass is 10.0. The van der Waals surface area contributed by atoms with Gasteiger partial charge in [-0.2, -0.15) is 0 Å². The molecule has 9 rings (SSSR count). The zero-order valence-corrected chi connectivity index (χ0v) is 32.7. The van der Waals surface area contributed by atoms with Gasteiger partial charge in [0.25, 0.3) is 0 Å². The number of halogens is 5. The summed E-state index contributed by atoms with van der Waals surface area (Å²) in [6.45, 7) is 0. The van der Waals surface area contributed by atoms with Gasteiger partial charge in [0.2, 0.25) is 0 Å². The molecule has 0 saturated carbocycles. The van der Waals surface area contributed by atoms with Crippen LogP contribution >= 0.6 is 69.0 Å². The summed E-state index contributed by atoms with van der Waals surface area (Å²) in [5, 5.41) is 2.43. The van der Waals surface area contributed by atoms with Crippen LogP contribution in [-0.2, 0) is 0 Å². The Morgan fingerprint density at radius 2 is 0.736 bits per heavy atom. The molecule has 53 heavy (non-hydrogen) atoms. The maximum atomic E-state index is 6.97. The number of H-pyrrole nitrogens is 2. The molecule has 7 aromatic rings. The van der Waals surface area contributed by atoms with E-state index in [0.29, 0.717) is 20.1 Å². The maximum absolute atomic E-state index is 6.97. The third-order valence-electron chi connectivity index (χ3n) is 9.39. The highest BCUT2D eigenvalue weighted by molar-refractivity contribution is 14.1. The topological polar surface area (TPSA) is 57.4 Å². The quantitative estimate of drug-likeness (QED) is 0.173. The van der Waals surface area contributed by atoms with E-state index in [1.165, 1.54) is 0 Å². The number of fused-ring (bicyclic) bond motifs is 8. The molecule has 4 aromatic carbocycles. The molecule has 8 bridgehead atoms. The molecule has 3 aromatic heterocycles. The van der Waals surface area contributed by atoms with Crippen molar-refractivity contribution in [2.24, 2.45) is 0 Å². The summed E-state index contributed by atoms with van der Waals surface area (Å²) in [5.74, 6) is 0. The average molecular weight is 878 g/mol. The molecule has 0 unspecified atom stereocenters. The van der Waals surface area contributed by atoms with Crippen LogP contribution in [0.4, 0.5) is 0 Å². The van der Waals surface area contributed by atoms with Gasteiger partial charge >= 0.3 is 0 Å². The maximum Gasteiger partial charge on any atom is 0.0738 e. The van der Waals surface area contributed by atoms with Crippen molar-refractivity contribution < 1.29 is 0 Å². The largest absolute Gasteiger partial charge is 0.354 e. The summed E-state index contributed by atoms with van der Waals surface area (Å²) < 4.78 is 0.977. The van der Waals surface area contributed by atoms with E-state index in [-0.39, 0.29) is 0 Å². The molecular weight excluding hydrogens is 853 g/mol.